The second kappa shape index (κ2) is 3.18. The normalized spacial score (nSPS) is 10.7. The third-order valence-electron chi connectivity index (χ3n) is 1.91. The molecule has 0 atom stereocenters. The van der Waals surface area contributed by atoms with Crippen LogP contribution in [0.15, 0.2) is 28.7 Å². The van der Waals surface area contributed by atoms with Crippen LogP contribution in [-0.2, 0) is 0 Å². The van der Waals surface area contributed by atoms with Crippen molar-refractivity contribution in [3.8, 4) is 0 Å². The Morgan fingerprint density at radius 1 is 1.31 bits per heavy atom. The molecule has 13 heavy (non-hydrogen) atoms. The number of hydrogen-bond donors (Lipinski definition) is 3. The van der Waals surface area contributed by atoms with Crippen molar-refractivity contribution >= 4 is 39.5 Å². The maximum absolute atomic E-state index is 8.92. The van der Waals surface area contributed by atoms with Gasteiger partial charge in [-0.2, -0.15) is 0 Å². The average Bonchev–Trinajstić information content (AvgIpc) is 2.49. The van der Waals surface area contributed by atoms with Gasteiger partial charge in [-0.3, -0.25) is 0 Å². The molecule has 1 aromatic heterocycles. The molecule has 2 rings (SSSR count). The number of H-pyrrole nitrogens is 1. The van der Waals surface area contributed by atoms with Crippen LogP contribution in [0.2, 0.25) is 0 Å². The molecule has 0 unspecified atom stereocenters. The van der Waals surface area contributed by atoms with Gasteiger partial charge in [0.05, 0.1) is 0 Å². The van der Waals surface area contributed by atoms with Crippen LogP contribution in [-0.4, -0.2) is 22.2 Å². The Bertz CT molecular complexity index is 441. The fourth-order valence-corrected chi connectivity index (χ4v) is 1.76. The highest BCUT2D eigenvalue weighted by Gasteiger charge is 2.14. The first-order valence-electron chi connectivity index (χ1n) is 3.82. The Balaban J connectivity index is 2.68. The molecule has 3 N–H and O–H groups in total. The number of aromatic amines is 1. The van der Waals surface area contributed by atoms with Crippen molar-refractivity contribution in [1.82, 2.24) is 4.98 Å². The van der Waals surface area contributed by atoms with Crippen LogP contribution in [0.5, 0.6) is 0 Å². The molecular formula is C8H7BBrNO2. The van der Waals surface area contributed by atoms with Gasteiger partial charge in [0, 0.05) is 21.0 Å². The monoisotopic (exact) mass is 239 g/mol. The first kappa shape index (κ1) is 8.81. The molecule has 0 aliphatic rings. The summed E-state index contributed by atoms with van der Waals surface area (Å²) in [4.78, 5) is 2.91. The van der Waals surface area contributed by atoms with Crippen molar-refractivity contribution in [2.75, 3.05) is 0 Å². The quantitative estimate of drug-likeness (QED) is 0.639. The van der Waals surface area contributed by atoms with Crippen molar-refractivity contribution in [3.05, 3.63) is 28.7 Å². The van der Waals surface area contributed by atoms with Gasteiger partial charge in [0.2, 0.25) is 0 Å². The number of fused-ring (bicyclic) bond motifs is 1. The molecule has 1 heterocycles. The summed E-state index contributed by atoms with van der Waals surface area (Å²) in [7, 11) is -1.45. The molecule has 1 aromatic carbocycles. The van der Waals surface area contributed by atoms with Gasteiger partial charge in [0.15, 0.2) is 0 Å². The Labute approximate surface area is 83.7 Å². The highest BCUT2D eigenvalue weighted by molar-refractivity contribution is 9.10. The molecule has 0 saturated carbocycles. The zero-order valence-electron chi connectivity index (χ0n) is 6.66. The van der Waals surface area contributed by atoms with E-state index in [4.69, 9.17) is 10.0 Å². The first-order chi connectivity index (χ1) is 6.18. The van der Waals surface area contributed by atoms with E-state index >= 15 is 0 Å². The largest absolute Gasteiger partial charge is 0.505 e. The molecule has 2 aromatic rings. The first-order valence-corrected chi connectivity index (χ1v) is 4.61. The molecule has 0 aliphatic heterocycles. The summed E-state index contributed by atoms with van der Waals surface area (Å²) >= 11 is 3.38. The standard InChI is InChI=1S/C8H7BBrNO2/c10-6-2-1-3-7-5(6)4-8(11-7)9(12)13/h1-4,11-13H. The summed E-state index contributed by atoms with van der Waals surface area (Å²) in [6.45, 7) is 0. The predicted molar refractivity (Wildman–Crippen MR) is 55.8 cm³/mol. The number of aromatic nitrogens is 1. The van der Waals surface area contributed by atoms with Gasteiger partial charge in [0.1, 0.15) is 0 Å². The number of benzene rings is 1. The van der Waals surface area contributed by atoms with E-state index in [0.717, 1.165) is 15.4 Å². The Morgan fingerprint density at radius 3 is 2.69 bits per heavy atom. The van der Waals surface area contributed by atoms with Crippen molar-refractivity contribution in [2.24, 2.45) is 0 Å². The molecule has 0 amide bonds. The molecule has 0 fully saturated rings. The smallest absolute Gasteiger partial charge is 0.422 e. The second-order valence-corrected chi connectivity index (χ2v) is 3.65. The summed E-state index contributed by atoms with van der Waals surface area (Å²) in [6.07, 6.45) is 0. The maximum atomic E-state index is 8.92. The maximum Gasteiger partial charge on any atom is 0.505 e. The summed E-state index contributed by atoms with van der Waals surface area (Å²) in [5.41, 5.74) is 1.29. The van der Waals surface area contributed by atoms with Crippen LogP contribution in [0.3, 0.4) is 0 Å². The SMILES string of the molecule is OB(O)c1cc2c(Br)cccc2[nH]1. The highest BCUT2D eigenvalue weighted by Crippen LogP contribution is 2.21. The molecule has 0 spiro atoms. The predicted octanol–water partition coefficient (Wildman–Crippen LogP) is 0.610. The third-order valence-corrected chi connectivity index (χ3v) is 2.60. The summed E-state index contributed by atoms with van der Waals surface area (Å²) in [5.74, 6) is 0. The lowest BCUT2D eigenvalue weighted by atomic mass is 9.87. The minimum absolute atomic E-state index is 0.405. The van der Waals surface area contributed by atoms with E-state index in [0.29, 0.717) is 5.59 Å². The van der Waals surface area contributed by atoms with E-state index in [1.807, 2.05) is 18.2 Å². The van der Waals surface area contributed by atoms with E-state index in [2.05, 4.69) is 20.9 Å². The minimum Gasteiger partial charge on any atom is -0.422 e. The van der Waals surface area contributed by atoms with Crippen LogP contribution in [0, 0.1) is 0 Å². The third kappa shape index (κ3) is 1.50. The van der Waals surface area contributed by atoms with Gasteiger partial charge in [-0.25, -0.2) is 0 Å². The zero-order chi connectivity index (χ0) is 9.42. The molecule has 0 aliphatic carbocycles. The van der Waals surface area contributed by atoms with Crippen LogP contribution >= 0.6 is 15.9 Å². The minimum atomic E-state index is -1.45. The van der Waals surface area contributed by atoms with E-state index in [1.54, 1.807) is 6.07 Å². The fourth-order valence-electron chi connectivity index (χ4n) is 1.28. The molecule has 0 saturated heterocycles. The van der Waals surface area contributed by atoms with E-state index < -0.39 is 7.12 Å². The lowest BCUT2D eigenvalue weighted by Crippen LogP contribution is -2.30. The summed E-state index contributed by atoms with van der Waals surface area (Å²) in [6, 6.07) is 7.39. The average molecular weight is 240 g/mol. The number of nitrogens with one attached hydrogen (secondary N) is 1. The van der Waals surface area contributed by atoms with Gasteiger partial charge in [0.25, 0.3) is 0 Å². The lowest BCUT2D eigenvalue weighted by Gasteiger charge is -1.90. The Morgan fingerprint density at radius 2 is 2.08 bits per heavy atom. The van der Waals surface area contributed by atoms with Crippen LogP contribution in [0.1, 0.15) is 0 Å². The second-order valence-electron chi connectivity index (χ2n) is 2.80. The summed E-state index contributed by atoms with van der Waals surface area (Å²) < 4.78 is 0.938. The number of halogens is 1. The highest BCUT2D eigenvalue weighted by atomic mass is 79.9. The molecule has 5 heteroatoms. The molecule has 66 valence electrons. The number of hydrogen-bond acceptors (Lipinski definition) is 2. The van der Waals surface area contributed by atoms with Crippen molar-refractivity contribution < 1.29 is 10.0 Å². The lowest BCUT2D eigenvalue weighted by molar-refractivity contribution is 0.424. The zero-order valence-corrected chi connectivity index (χ0v) is 8.25. The number of rotatable bonds is 1. The van der Waals surface area contributed by atoms with E-state index in [-0.39, 0.29) is 0 Å². The Kier molecular flexibility index (Phi) is 2.15. The van der Waals surface area contributed by atoms with Gasteiger partial charge in [-0.05, 0) is 18.2 Å². The van der Waals surface area contributed by atoms with Crippen LogP contribution in [0.25, 0.3) is 10.9 Å². The fraction of sp³-hybridized carbons (Fsp3) is 0. The Hall–Kier alpha value is -0.775. The van der Waals surface area contributed by atoms with Gasteiger partial charge < -0.3 is 15.0 Å². The van der Waals surface area contributed by atoms with Gasteiger partial charge in [-0.1, -0.05) is 22.0 Å². The topological polar surface area (TPSA) is 56.2 Å². The van der Waals surface area contributed by atoms with Gasteiger partial charge >= 0.3 is 7.12 Å². The summed E-state index contributed by atoms with van der Waals surface area (Å²) in [5, 5.41) is 18.8. The molecule has 0 radical (unpaired) electrons. The molecule has 3 nitrogen and oxygen atoms in total. The van der Waals surface area contributed by atoms with Crippen LogP contribution in [0.4, 0.5) is 0 Å². The van der Waals surface area contributed by atoms with E-state index in [9.17, 15) is 0 Å². The molecule has 0 bridgehead atoms. The van der Waals surface area contributed by atoms with Crippen molar-refractivity contribution in [2.45, 2.75) is 0 Å². The van der Waals surface area contributed by atoms with Crippen molar-refractivity contribution in [1.29, 1.82) is 0 Å². The molecular weight excluding hydrogens is 233 g/mol. The van der Waals surface area contributed by atoms with Crippen molar-refractivity contribution in [3.63, 3.8) is 0 Å². The van der Waals surface area contributed by atoms with Gasteiger partial charge in [-0.15, -0.1) is 0 Å². The van der Waals surface area contributed by atoms with Crippen LogP contribution < -0.4 is 5.59 Å². The van der Waals surface area contributed by atoms with E-state index in [1.165, 1.54) is 0 Å².